The van der Waals surface area contributed by atoms with E-state index >= 15 is 0 Å². The van der Waals surface area contributed by atoms with E-state index in [1.54, 1.807) is 12.4 Å². The summed E-state index contributed by atoms with van der Waals surface area (Å²) in [6.07, 6.45) is 5.30. The van der Waals surface area contributed by atoms with Gasteiger partial charge in [0.1, 0.15) is 0 Å². The minimum Gasteiger partial charge on any atom is -0.349 e. The second-order valence-corrected chi connectivity index (χ2v) is 6.91. The molecule has 1 aliphatic carbocycles. The van der Waals surface area contributed by atoms with E-state index in [1.807, 2.05) is 19.1 Å². The van der Waals surface area contributed by atoms with Crippen LogP contribution in [0.15, 0.2) is 24.5 Å². The lowest BCUT2D eigenvalue weighted by Gasteiger charge is -2.46. The van der Waals surface area contributed by atoms with E-state index in [0.717, 1.165) is 18.4 Å². The standard InChI is InChI=1S/C17H27N3O/c1-11-15(18)6-5-14(17(11,3)4)16(21)20-12(2)13-7-9-19-10-8-13/h7-12,14-15H,5-6,18H2,1-4H3,(H,20,21). The first-order chi connectivity index (χ1) is 9.84. The van der Waals surface area contributed by atoms with E-state index in [0.29, 0.717) is 5.92 Å². The third-order valence-electron chi connectivity index (χ3n) is 5.38. The number of aromatic nitrogens is 1. The number of nitrogens with one attached hydrogen (secondary N) is 1. The Bertz CT molecular complexity index is 486. The summed E-state index contributed by atoms with van der Waals surface area (Å²) in [5.74, 6) is 0.512. The van der Waals surface area contributed by atoms with Crippen molar-refractivity contribution in [3.63, 3.8) is 0 Å². The molecule has 116 valence electrons. The van der Waals surface area contributed by atoms with Crippen molar-refractivity contribution >= 4 is 5.91 Å². The van der Waals surface area contributed by atoms with Crippen molar-refractivity contribution in [2.75, 3.05) is 0 Å². The van der Waals surface area contributed by atoms with Gasteiger partial charge < -0.3 is 11.1 Å². The van der Waals surface area contributed by atoms with Gasteiger partial charge in [0, 0.05) is 24.4 Å². The van der Waals surface area contributed by atoms with Gasteiger partial charge >= 0.3 is 0 Å². The summed E-state index contributed by atoms with van der Waals surface area (Å²) in [5.41, 5.74) is 7.18. The largest absolute Gasteiger partial charge is 0.349 e. The molecule has 4 nitrogen and oxygen atoms in total. The quantitative estimate of drug-likeness (QED) is 0.899. The first-order valence-corrected chi connectivity index (χ1v) is 7.80. The monoisotopic (exact) mass is 289 g/mol. The van der Waals surface area contributed by atoms with E-state index in [4.69, 9.17) is 5.73 Å². The van der Waals surface area contributed by atoms with Crippen molar-refractivity contribution < 1.29 is 4.79 Å². The van der Waals surface area contributed by atoms with Crippen molar-refractivity contribution in [2.45, 2.75) is 52.6 Å². The summed E-state index contributed by atoms with van der Waals surface area (Å²) >= 11 is 0. The maximum Gasteiger partial charge on any atom is 0.224 e. The molecule has 1 aliphatic rings. The Kier molecular flexibility index (Phi) is 4.67. The third-order valence-corrected chi connectivity index (χ3v) is 5.38. The van der Waals surface area contributed by atoms with Crippen LogP contribution in [-0.4, -0.2) is 16.9 Å². The number of carbonyl (C=O) groups excluding carboxylic acids is 1. The molecule has 0 saturated heterocycles. The van der Waals surface area contributed by atoms with Crippen LogP contribution in [0.1, 0.15) is 52.1 Å². The Morgan fingerprint density at radius 3 is 2.62 bits per heavy atom. The minimum absolute atomic E-state index is 0.00204. The molecule has 1 aromatic heterocycles. The van der Waals surface area contributed by atoms with Crippen molar-refractivity contribution in [1.29, 1.82) is 0 Å². The zero-order valence-corrected chi connectivity index (χ0v) is 13.5. The molecule has 1 heterocycles. The molecule has 1 amide bonds. The van der Waals surface area contributed by atoms with Gasteiger partial charge in [0.15, 0.2) is 0 Å². The molecule has 0 aromatic carbocycles. The van der Waals surface area contributed by atoms with Gasteiger partial charge in [-0.05, 0) is 48.8 Å². The highest BCUT2D eigenvalue weighted by molar-refractivity contribution is 5.80. The van der Waals surface area contributed by atoms with E-state index in [2.05, 4.69) is 31.1 Å². The summed E-state index contributed by atoms with van der Waals surface area (Å²) in [4.78, 5) is 16.7. The molecule has 0 bridgehead atoms. The topological polar surface area (TPSA) is 68.0 Å². The number of hydrogen-bond acceptors (Lipinski definition) is 3. The molecule has 1 aromatic rings. The van der Waals surface area contributed by atoms with Gasteiger partial charge in [-0.3, -0.25) is 9.78 Å². The van der Waals surface area contributed by atoms with Gasteiger partial charge in [0.2, 0.25) is 5.91 Å². The smallest absolute Gasteiger partial charge is 0.224 e. The molecule has 1 saturated carbocycles. The highest BCUT2D eigenvalue weighted by Crippen LogP contribution is 2.44. The number of carbonyl (C=O) groups is 1. The summed E-state index contributed by atoms with van der Waals surface area (Å²) in [6.45, 7) is 8.50. The van der Waals surface area contributed by atoms with Gasteiger partial charge in [-0.25, -0.2) is 0 Å². The highest BCUT2D eigenvalue weighted by Gasteiger charge is 2.45. The number of amides is 1. The molecule has 4 heteroatoms. The Hall–Kier alpha value is -1.42. The molecule has 3 N–H and O–H groups in total. The average molecular weight is 289 g/mol. The van der Waals surface area contributed by atoms with E-state index < -0.39 is 0 Å². The third kappa shape index (κ3) is 3.26. The second-order valence-electron chi connectivity index (χ2n) is 6.91. The Labute approximate surface area is 127 Å². The van der Waals surface area contributed by atoms with E-state index in [-0.39, 0.29) is 29.3 Å². The number of hydrogen-bond donors (Lipinski definition) is 2. The van der Waals surface area contributed by atoms with E-state index in [1.165, 1.54) is 0 Å². The predicted molar refractivity (Wildman–Crippen MR) is 84.4 cm³/mol. The molecule has 2 rings (SSSR count). The molecular formula is C17H27N3O. The zero-order chi connectivity index (χ0) is 15.6. The summed E-state index contributed by atoms with van der Waals surface area (Å²) in [6, 6.07) is 4.08. The molecule has 0 aliphatic heterocycles. The lowest BCUT2D eigenvalue weighted by molar-refractivity contribution is -0.133. The number of rotatable bonds is 3. The Morgan fingerprint density at radius 1 is 1.38 bits per heavy atom. The van der Waals surface area contributed by atoms with Crippen LogP contribution in [0.25, 0.3) is 0 Å². The van der Waals surface area contributed by atoms with Crippen molar-refractivity contribution in [2.24, 2.45) is 23.0 Å². The lowest BCUT2D eigenvalue weighted by atomic mass is 9.61. The van der Waals surface area contributed by atoms with E-state index in [9.17, 15) is 4.79 Å². The number of nitrogens with two attached hydrogens (primary N) is 1. The van der Waals surface area contributed by atoms with Crippen LogP contribution in [-0.2, 0) is 4.79 Å². The summed E-state index contributed by atoms with van der Waals surface area (Å²) in [5, 5.41) is 3.15. The van der Waals surface area contributed by atoms with Crippen molar-refractivity contribution in [3.05, 3.63) is 30.1 Å². The Balaban J connectivity index is 2.06. The van der Waals surface area contributed by atoms with Gasteiger partial charge in [0.25, 0.3) is 0 Å². The fourth-order valence-corrected chi connectivity index (χ4v) is 3.37. The van der Waals surface area contributed by atoms with Crippen molar-refractivity contribution in [3.8, 4) is 0 Å². The first-order valence-electron chi connectivity index (χ1n) is 7.80. The normalized spacial score (nSPS) is 29.7. The maximum absolute atomic E-state index is 12.7. The van der Waals surface area contributed by atoms with Crippen LogP contribution in [0.3, 0.4) is 0 Å². The molecular weight excluding hydrogens is 262 g/mol. The van der Waals surface area contributed by atoms with Crippen LogP contribution in [0.4, 0.5) is 0 Å². The molecule has 4 atom stereocenters. The van der Waals surface area contributed by atoms with Crippen LogP contribution in [0, 0.1) is 17.3 Å². The molecule has 1 fully saturated rings. The fraction of sp³-hybridized carbons (Fsp3) is 0.647. The van der Waals surface area contributed by atoms with Crippen molar-refractivity contribution in [1.82, 2.24) is 10.3 Å². The molecule has 21 heavy (non-hydrogen) atoms. The van der Waals surface area contributed by atoms with Crippen LogP contribution >= 0.6 is 0 Å². The van der Waals surface area contributed by atoms with Crippen LogP contribution in [0.5, 0.6) is 0 Å². The minimum atomic E-state index is -0.0697. The Morgan fingerprint density at radius 2 is 2.00 bits per heavy atom. The van der Waals surface area contributed by atoms with Gasteiger partial charge in [-0.2, -0.15) is 0 Å². The highest BCUT2D eigenvalue weighted by atomic mass is 16.2. The van der Waals surface area contributed by atoms with Gasteiger partial charge in [0.05, 0.1) is 6.04 Å². The first kappa shape index (κ1) is 16.0. The summed E-state index contributed by atoms with van der Waals surface area (Å²) in [7, 11) is 0. The van der Waals surface area contributed by atoms with Crippen LogP contribution in [0.2, 0.25) is 0 Å². The molecule has 4 unspecified atom stereocenters. The summed E-state index contributed by atoms with van der Waals surface area (Å²) < 4.78 is 0. The molecule has 0 radical (unpaired) electrons. The average Bonchev–Trinajstić information content (AvgIpc) is 2.45. The second kappa shape index (κ2) is 6.14. The molecule has 0 spiro atoms. The maximum atomic E-state index is 12.7. The fourth-order valence-electron chi connectivity index (χ4n) is 3.37. The SMILES string of the molecule is CC(NC(=O)C1CCC(N)C(C)C1(C)C)c1ccncc1. The zero-order valence-electron chi connectivity index (χ0n) is 13.5. The number of nitrogens with zero attached hydrogens (tertiary/aromatic N) is 1. The van der Waals surface area contributed by atoms with Crippen LogP contribution < -0.4 is 11.1 Å². The lowest BCUT2D eigenvalue weighted by Crippen LogP contribution is -2.51. The van der Waals surface area contributed by atoms with Gasteiger partial charge in [-0.1, -0.05) is 20.8 Å². The van der Waals surface area contributed by atoms with Gasteiger partial charge in [-0.15, -0.1) is 0 Å². The number of pyridine rings is 1. The predicted octanol–water partition coefficient (Wildman–Crippen LogP) is 2.66.